The van der Waals surface area contributed by atoms with E-state index in [0.717, 1.165) is 19.3 Å². The molecule has 1 atom stereocenters. The van der Waals surface area contributed by atoms with Crippen LogP contribution in [-0.4, -0.2) is 37.7 Å². The molecule has 19 heavy (non-hydrogen) atoms. The average Bonchev–Trinajstić information content (AvgIpc) is 2.35. The zero-order valence-corrected chi connectivity index (χ0v) is 14.8. The van der Waals surface area contributed by atoms with Gasteiger partial charge in [-0.05, 0) is 26.2 Å². The van der Waals surface area contributed by atoms with E-state index >= 15 is 0 Å². The summed E-state index contributed by atoms with van der Waals surface area (Å²) in [7, 11) is 0. The normalized spacial score (nSPS) is 13.9. The molecule has 0 spiro atoms. The Kier molecular flexibility index (Phi) is 13.6. The van der Waals surface area contributed by atoms with Crippen molar-refractivity contribution in [1.29, 1.82) is 0 Å². The molecule has 0 bridgehead atoms. The minimum Gasteiger partial charge on any atom is -0.547 e. The van der Waals surface area contributed by atoms with Crippen molar-refractivity contribution < 1.29 is 50.3 Å². The molecule has 6 heteroatoms. The van der Waals surface area contributed by atoms with E-state index < -0.39 is 17.9 Å². The number of carboxylic acids is 1. The van der Waals surface area contributed by atoms with Gasteiger partial charge in [-0.1, -0.05) is 20.8 Å². The predicted molar refractivity (Wildman–Crippen MR) is 65.9 cm³/mol. The van der Waals surface area contributed by atoms with Crippen molar-refractivity contribution >= 4 is 5.97 Å². The molecule has 0 aliphatic rings. The molecule has 1 unspecified atom stereocenters. The van der Waals surface area contributed by atoms with Gasteiger partial charge >= 0.3 is 26.2 Å². The third-order valence-electron chi connectivity index (χ3n) is 2.41. The van der Waals surface area contributed by atoms with Gasteiger partial charge in [-0.15, -0.1) is 0 Å². The smallest absolute Gasteiger partial charge is 0.547 e. The van der Waals surface area contributed by atoms with Gasteiger partial charge in [-0.25, -0.2) is 0 Å². The van der Waals surface area contributed by atoms with Crippen molar-refractivity contribution in [3.63, 3.8) is 0 Å². The fourth-order valence-electron chi connectivity index (χ4n) is 1.35. The number of aliphatic carboxylic acids is 1. The summed E-state index contributed by atoms with van der Waals surface area (Å²) in [6.07, 6.45) is 1.34. The molecule has 0 aromatic carbocycles. The monoisotopic (exact) mass is 351 g/mol. The van der Waals surface area contributed by atoms with Crippen molar-refractivity contribution in [3.05, 3.63) is 0 Å². The van der Waals surface area contributed by atoms with Gasteiger partial charge in [0, 0.05) is 19.8 Å². The Morgan fingerprint density at radius 2 is 1.47 bits per heavy atom. The van der Waals surface area contributed by atoms with Crippen LogP contribution in [0.4, 0.5) is 0 Å². The SMILES string of the molecule is CCCOC(OCCC)C(C)(OCCC)C(=O)[O-].[Zr+]. The Balaban J connectivity index is 0. The van der Waals surface area contributed by atoms with E-state index in [4.69, 9.17) is 14.2 Å². The molecule has 0 saturated heterocycles. The second kappa shape index (κ2) is 12.0. The third-order valence-corrected chi connectivity index (χ3v) is 2.41. The molecule has 0 aromatic heterocycles. The van der Waals surface area contributed by atoms with Gasteiger partial charge in [0.1, 0.15) is 0 Å². The first kappa shape index (κ1) is 21.5. The van der Waals surface area contributed by atoms with Gasteiger partial charge in [-0.2, -0.15) is 0 Å². The Bertz CT molecular complexity index is 229. The Morgan fingerprint density at radius 3 is 1.79 bits per heavy atom. The number of ether oxygens (including phenoxy) is 3. The molecule has 5 nitrogen and oxygen atoms in total. The van der Waals surface area contributed by atoms with Crippen molar-refractivity contribution in [2.75, 3.05) is 19.8 Å². The van der Waals surface area contributed by atoms with E-state index in [0.29, 0.717) is 19.8 Å². The molecule has 0 saturated carbocycles. The van der Waals surface area contributed by atoms with Gasteiger partial charge < -0.3 is 24.1 Å². The van der Waals surface area contributed by atoms with Gasteiger partial charge in [0.25, 0.3) is 0 Å². The second-order valence-electron chi connectivity index (χ2n) is 4.32. The van der Waals surface area contributed by atoms with Crippen LogP contribution in [0, 0.1) is 0 Å². The maximum Gasteiger partial charge on any atom is 1.00 e. The summed E-state index contributed by atoms with van der Waals surface area (Å²) in [6.45, 7) is 8.41. The Hall–Kier alpha value is 0.233. The molecule has 111 valence electrons. The number of hydrogen-bond acceptors (Lipinski definition) is 5. The topological polar surface area (TPSA) is 67.8 Å². The van der Waals surface area contributed by atoms with Crippen LogP contribution in [0.1, 0.15) is 47.0 Å². The molecule has 0 amide bonds. The van der Waals surface area contributed by atoms with Crippen LogP contribution < -0.4 is 5.11 Å². The first-order chi connectivity index (χ1) is 8.52. The predicted octanol–water partition coefficient (Wildman–Crippen LogP) is 1.10. The van der Waals surface area contributed by atoms with E-state index in [-0.39, 0.29) is 26.2 Å². The Labute approximate surface area is 135 Å². The molecule has 0 fully saturated rings. The summed E-state index contributed by atoms with van der Waals surface area (Å²) in [5, 5.41) is 11.3. The number of carboxylic acid groups (broad SMARTS) is 1. The number of carbonyl (C=O) groups is 1. The molecule has 0 N–H and O–H groups in total. The molecule has 0 rings (SSSR count). The fourth-order valence-corrected chi connectivity index (χ4v) is 1.35. The third kappa shape index (κ3) is 7.55. The maximum atomic E-state index is 11.3. The molecule has 0 aliphatic heterocycles. The van der Waals surface area contributed by atoms with E-state index in [2.05, 4.69) is 0 Å². The van der Waals surface area contributed by atoms with Gasteiger partial charge in [-0.3, -0.25) is 0 Å². The molecular formula is C13H25O5Zr. The molecule has 1 radical (unpaired) electrons. The van der Waals surface area contributed by atoms with Gasteiger partial charge in [0.15, 0.2) is 11.9 Å². The van der Waals surface area contributed by atoms with Crippen LogP contribution in [0.25, 0.3) is 0 Å². The van der Waals surface area contributed by atoms with Gasteiger partial charge in [0.05, 0.1) is 5.97 Å². The van der Waals surface area contributed by atoms with E-state index in [1.807, 2.05) is 20.8 Å². The number of hydrogen-bond donors (Lipinski definition) is 0. The quantitative estimate of drug-likeness (QED) is 0.521. The summed E-state index contributed by atoms with van der Waals surface area (Å²) in [5.41, 5.74) is -1.57. The van der Waals surface area contributed by atoms with Gasteiger partial charge in [0.2, 0.25) is 0 Å². The van der Waals surface area contributed by atoms with Crippen molar-refractivity contribution in [3.8, 4) is 0 Å². The summed E-state index contributed by atoms with van der Waals surface area (Å²) in [4.78, 5) is 11.3. The molecule has 0 heterocycles. The molecule has 0 aromatic rings. The minimum absolute atomic E-state index is 0. The van der Waals surface area contributed by atoms with Crippen molar-refractivity contribution in [2.24, 2.45) is 0 Å². The van der Waals surface area contributed by atoms with Crippen molar-refractivity contribution in [2.45, 2.75) is 58.8 Å². The first-order valence-electron chi connectivity index (χ1n) is 6.61. The van der Waals surface area contributed by atoms with Crippen LogP contribution in [0.3, 0.4) is 0 Å². The molecular weight excluding hydrogens is 327 g/mol. The zero-order valence-electron chi connectivity index (χ0n) is 12.4. The standard InChI is InChI=1S/C13H26O5.Zr/c1-5-8-16-12(17-9-6-2)13(4,11(14)15)18-10-7-3;/h12H,5-10H2,1-4H3,(H,14,15);/q;+1/p-1. The van der Waals surface area contributed by atoms with Crippen LogP contribution in [0.15, 0.2) is 0 Å². The summed E-state index contributed by atoms with van der Waals surface area (Å²) in [5.74, 6) is -1.31. The largest absolute Gasteiger partial charge is 1.00 e. The number of rotatable bonds is 11. The summed E-state index contributed by atoms with van der Waals surface area (Å²) >= 11 is 0. The van der Waals surface area contributed by atoms with E-state index in [1.54, 1.807) is 0 Å². The summed E-state index contributed by atoms with van der Waals surface area (Å²) in [6, 6.07) is 0. The zero-order chi connectivity index (χ0) is 14.0. The van der Waals surface area contributed by atoms with Crippen LogP contribution in [-0.2, 0) is 45.2 Å². The minimum atomic E-state index is -1.57. The number of carbonyl (C=O) groups excluding carboxylic acids is 1. The fraction of sp³-hybridized carbons (Fsp3) is 0.923. The summed E-state index contributed by atoms with van der Waals surface area (Å²) < 4.78 is 16.3. The second-order valence-corrected chi connectivity index (χ2v) is 4.32. The first-order valence-corrected chi connectivity index (χ1v) is 6.61. The average molecular weight is 353 g/mol. The maximum absolute atomic E-state index is 11.3. The van der Waals surface area contributed by atoms with Crippen LogP contribution >= 0.6 is 0 Å². The molecule has 0 aliphatic carbocycles. The van der Waals surface area contributed by atoms with E-state index in [9.17, 15) is 9.90 Å². The van der Waals surface area contributed by atoms with E-state index in [1.165, 1.54) is 6.92 Å². The van der Waals surface area contributed by atoms with Crippen molar-refractivity contribution in [1.82, 2.24) is 0 Å². The van der Waals surface area contributed by atoms with Crippen LogP contribution in [0.5, 0.6) is 0 Å². The van der Waals surface area contributed by atoms with Crippen LogP contribution in [0.2, 0.25) is 0 Å². The Morgan fingerprint density at radius 1 is 1.05 bits per heavy atom.